The highest BCUT2D eigenvalue weighted by Crippen LogP contribution is 2.36. The molecule has 0 fully saturated rings. The molecule has 0 unspecified atom stereocenters. The number of amides is 4. The summed E-state index contributed by atoms with van der Waals surface area (Å²) in [7, 11) is 1.50. The van der Waals surface area contributed by atoms with Gasteiger partial charge in [-0.2, -0.15) is 0 Å². The van der Waals surface area contributed by atoms with Crippen LogP contribution in [0.2, 0.25) is 0 Å². The first-order valence-corrected chi connectivity index (χ1v) is 8.02. The van der Waals surface area contributed by atoms with Crippen LogP contribution in [-0.4, -0.2) is 54.3 Å². The molecular weight excluding hydrogens is 327 g/mol. The molecule has 0 radical (unpaired) electrons. The Bertz CT molecular complexity index is 777. The molecule has 1 aromatic carbocycles. The molecule has 132 valence electrons. The highest BCUT2D eigenvalue weighted by molar-refractivity contribution is 6.02. The van der Waals surface area contributed by atoms with Crippen molar-refractivity contribution in [3.63, 3.8) is 0 Å². The minimum absolute atomic E-state index is 0.0933. The highest BCUT2D eigenvalue weighted by Gasteiger charge is 2.43. The van der Waals surface area contributed by atoms with Crippen LogP contribution in [0, 0.1) is 5.82 Å². The molecule has 0 aromatic heterocycles. The molecule has 4 amide bonds. The fraction of sp³-hybridized carbons (Fsp3) is 0.353. The fourth-order valence-electron chi connectivity index (χ4n) is 3.20. The van der Waals surface area contributed by atoms with Gasteiger partial charge in [0.25, 0.3) is 5.91 Å². The smallest absolute Gasteiger partial charge is 0.322 e. The second kappa shape index (κ2) is 6.54. The summed E-state index contributed by atoms with van der Waals surface area (Å²) in [6, 6.07) is 4.72. The van der Waals surface area contributed by atoms with Gasteiger partial charge in [0, 0.05) is 13.6 Å². The number of nitrogens with one attached hydrogen (secondary N) is 2. The molecule has 2 heterocycles. The lowest BCUT2D eigenvalue weighted by Crippen LogP contribution is -2.47. The van der Waals surface area contributed by atoms with Crippen molar-refractivity contribution < 1.29 is 18.8 Å². The normalized spacial score (nSPS) is 19.9. The predicted octanol–water partition coefficient (Wildman–Crippen LogP) is 0.754. The van der Waals surface area contributed by atoms with Gasteiger partial charge in [0.1, 0.15) is 12.4 Å². The molecule has 2 aliphatic heterocycles. The summed E-state index contributed by atoms with van der Waals surface area (Å²) in [4.78, 5) is 39.8. The van der Waals surface area contributed by atoms with Crippen LogP contribution in [0.4, 0.5) is 9.18 Å². The zero-order valence-corrected chi connectivity index (χ0v) is 14.0. The monoisotopic (exact) mass is 346 g/mol. The second-order valence-electron chi connectivity index (χ2n) is 5.88. The summed E-state index contributed by atoms with van der Waals surface area (Å²) in [6.07, 6.45) is 0. The average Bonchev–Trinajstić information content (AvgIpc) is 2.90. The summed E-state index contributed by atoms with van der Waals surface area (Å²) in [5, 5.41) is 5.25. The fourth-order valence-corrected chi connectivity index (χ4v) is 3.20. The molecule has 0 spiro atoms. The van der Waals surface area contributed by atoms with Gasteiger partial charge in [-0.1, -0.05) is 12.1 Å². The largest absolute Gasteiger partial charge is 0.358 e. The zero-order valence-electron chi connectivity index (χ0n) is 14.0. The van der Waals surface area contributed by atoms with Crippen molar-refractivity contribution in [2.24, 2.45) is 0 Å². The Kier molecular flexibility index (Phi) is 4.43. The topological polar surface area (TPSA) is 81.8 Å². The van der Waals surface area contributed by atoms with E-state index in [1.54, 1.807) is 13.0 Å². The van der Waals surface area contributed by atoms with Gasteiger partial charge >= 0.3 is 6.03 Å². The molecule has 8 heteroatoms. The van der Waals surface area contributed by atoms with E-state index in [1.807, 2.05) is 0 Å². The molecule has 2 aliphatic rings. The van der Waals surface area contributed by atoms with Crippen molar-refractivity contribution in [1.29, 1.82) is 0 Å². The Morgan fingerprint density at radius 3 is 2.80 bits per heavy atom. The average molecular weight is 346 g/mol. The van der Waals surface area contributed by atoms with Crippen molar-refractivity contribution >= 4 is 17.8 Å². The Morgan fingerprint density at radius 2 is 2.16 bits per heavy atom. The lowest BCUT2D eigenvalue weighted by Gasteiger charge is -2.32. The molecule has 0 saturated heterocycles. The maximum atomic E-state index is 13.6. The van der Waals surface area contributed by atoms with Crippen molar-refractivity contribution in [3.8, 4) is 0 Å². The number of carbonyl (C=O) groups excluding carboxylic acids is 3. The van der Waals surface area contributed by atoms with Gasteiger partial charge in [-0.3, -0.25) is 14.5 Å². The van der Waals surface area contributed by atoms with Gasteiger partial charge in [0.05, 0.1) is 23.9 Å². The van der Waals surface area contributed by atoms with Crippen molar-refractivity contribution in [2.45, 2.75) is 13.0 Å². The van der Waals surface area contributed by atoms with E-state index in [2.05, 4.69) is 10.6 Å². The minimum Gasteiger partial charge on any atom is -0.358 e. The van der Waals surface area contributed by atoms with Gasteiger partial charge in [-0.25, -0.2) is 9.18 Å². The second-order valence-corrected chi connectivity index (χ2v) is 5.88. The van der Waals surface area contributed by atoms with E-state index in [0.717, 1.165) is 0 Å². The SMILES string of the molecule is CCN1C(=O)N[C@H](c2cccc(F)c2)C2=C1CN(CC(=O)NC)C2=O. The first-order chi connectivity index (χ1) is 12.0. The van der Waals surface area contributed by atoms with E-state index in [0.29, 0.717) is 23.4 Å². The number of carbonyl (C=O) groups is 3. The quantitative estimate of drug-likeness (QED) is 0.844. The summed E-state index contributed by atoms with van der Waals surface area (Å²) in [5.41, 5.74) is 1.44. The lowest BCUT2D eigenvalue weighted by atomic mass is 9.95. The van der Waals surface area contributed by atoms with E-state index < -0.39 is 11.9 Å². The highest BCUT2D eigenvalue weighted by atomic mass is 19.1. The molecule has 0 saturated carbocycles. The molecule has 0 aliphatic carbocycles. The molecule has 0 bridgehead atoms. The van der Waals surface area contributed by atoms with Gasteiger partial charge in [0.2, 0.25) is 5.91 Å². The number of nitrogens with zero attached hydrogens (tertiary/aromatic N) is 2. The van der Waals surface area contributed by atoms with Crippen LogP contribution in [0.25, 0.3) is 0 Å². The molecule has 1 atom stereocenters. The molecule has 25 heavy (non-hydrogen) atoms. The Hall–Kier alpha value is -2.90. The number of hydrogen-bond acceptors (Lipinski definition) is 3. The van der Waals surface area contributed by atoms with E-state index in [-0.39, 0.29) is 30.9 Å². The van der Waals surface area contributed by atoms with Crippen LogP contribution in [0.1, 0.15) is 18.5 Å². The number of hydrogen-bond donors (Lipinski definition) is 2. The van der Waals surface area contributed by atoms with Gasteiger partial charge < -0.3 is 15.5 Å². The first-order valence-electron chi connectivity index (χ1n) is 8.02. The minimum atomic E-state index is -0.733. The third kappa shape index (κ3) is 2.95. The first kappa shape index (κ1) is 16.9. The van der Waals surface area contributed by atoms with E-state index in [9.17, 15) is 18.8 Å². The van der Waals surface area contributed by atoms with E-state index in [4.69, 9.17) is 0 Å². The zero-order chi connectivity index (χ0) is 18.1. The maximum Gasteiger partial charge on any atom is 0.322 e. The van der Waals surface area contributed by atoms with Gasteiger partial charge in [0.15, 0.2) is 0 Å². The third-order valence-electron chi connectivity index (χ3n) is 4.41. The molecule has 1 aromatic rings. The van der Waals surface area contributed by atoms with Crippen LogP contribution >= 0.6 is 0 Å². The van der Waals surface area contributed by atoms with Gasteiger partial charge in [-0.05, 0) is 24.6 Å². The Labute approximate surface area is 144 Å². The van der Waals surface area contributed by atoms with Crippen molar-refractivity contribution in [3.05, 3.63) is 46.9 Å². The van der Waals surface area contributed by atoms with Crippen molar-refractivity contribution in [2.75, 3.05) is 26.7 Å². The Balaban J connectivity index is 2.01. The number of rotatable bonds is 4. The maximum absolute atomic E-state index is 13.6. The summed E-state index contributed by atoms with van der Waals surface area (Å²) in [5.74, 6) is -1.07. The Morgan fingerprint density at radius 1 is 1.40 bits per heavy atom. The summed E-state index contributed by atoms with van der Waals surface area (Å²) < 4.78 is 13.6. The van der Waals surface area contributed by atoms with Crippen LogP contribution < -0.4 is 10.6 Å². The number of benzene rings is 1. The molecule has 2 N–H and O–H groups in total. The number of urea groups is 1. The van der Waals surface area contributed by atoms with E-state index in [1.165, 1.54) is 35.0 Å². The van der Waals surface area contributed by atoms with Crippen LogP contribution in [0.3, 0.4) is 0 Å². The van der Waals surface area contributed by atoms with Crippen molar-refractivity contribution in [1.82, 2.24) is 20.4 Å². The number of likely N-dealkylation sites (N-methyl/N-ethyl adjacent to an activating group) is 2. The molecule has 7 nitrogen and oxygen atoms in total. The van der Waals surface area contributed by atoms with Crippen LogP contribution in [0.15, 0.2) is 35.5 Å². The summed E-state index contributed by atoms with van der Waals surface area (Å²) >= 11 is 0. The number of halogens is 1. The predicted molar refractivity (Wildman–Crippen MR) is 87.7 cm³/mol. The summed E-state index contributed by atoms with van der Waals surface area (Å²) in [6.45, 7) is 2.28. The molecular formula is C17H19FN4O3. The van der Waals surface area contributed by atoms with Gasteiger partial charge in [-0.15, -0.1) is 0 Å². The molecule has 3 rings (SSSR count). The lowest BCUT2D eigenvalue weighted by molar-refractivity contribution is -0.131. The van der Waals surface area contributed by atoms with Crippen LogP contribution in [0.5, 0.6) is 0 Å². The van der Waals surface area contributed by atoms with E-state index >= 15 is 0 Å². The third-order valence-corrected chi connectivity index (χ3v) is 4.41. The standard InChI is InChI=1S/C17H19FN4O3/c1-3-22-12-8-21(9-13(23)19-2)16(24)14(12)15(20-17(22)25)10-5-4-6-11(18)7-10/h4-7,15H,3,8-9H2,1-2H3,(H,19,23)(H,20,25)/t15-/m1/s1. The van der Waals surface area contributed by atoms with Crippen LogP contribution in [-0.2, 0) is 9.59 Å².